The molecule has 0 aromatic carbocycles. The third-order valence-corrected chi connectivity index (χ3v) is 2.75. The van der Waals surface area contributed by atoms with E-state index < -0.39 is 10.1 Å². The number of aryl methyl sites for hydroxylation is 2. The SMILES string of the molecule is Cc1cccc[n+]1CCCS(=O)(=O)[O-]. The zero-order chi connectivity index (χ0) is 10.6. The molecule has 1 aromatic heterocycles. The predicted molar refractivity (Wildman–Crippen MR) is 50.6 cm³/mol. The van der Waals surface area contributed by atoms with Crippen LogP contribution < -0.4 is 4.57 Å². The molecule has 0 bridgehead atoms. The molecule has 0 N–H and O–H groups in total. The first-order chi connectivity index (χ1) is 6.49. The normalized spacial score (nSPS) is 11.6. The Balaban J connectivity index is 2.51. The average Bonchev–Trinajstić information content (AvgIpc) is 2.06. The van der Waals surface area contributed by atoms with Gasteiger partial charge < -0.3 is 4.55 Å². The summed E-state index contributed by atoms with van der Waals surface area (Å²) in [5, 5.41) is 0. The highest BCUT2D eigenvalue weighted by atomic mass is 32.2. The molecule has 4 nitrogen and oxygen atoms in total. The van der Waals surface area contributed by atoms with E-state index in [2.05, 4.69) is 0 Å². The second-order valence-electron chi connectivity index (χ2n) is 3.15. The summed E-state index contributed by atoms with van der Waals surface area (Å²) in [5.74, 6) is -0.297. The summed E-state index contributed by atoms with van der Waals surface area (Å²) in [4.78, 5) is 0. The number of nitrogens with zero attached hydrogens (tertiary/aromatic N) is 1. The molecule has 1 rings (SSSR count). The van der Waals surface area contributed by atoms with Gasteiger partial charge in [0.1, 0.15) is 6.54 Å². The molecule has 0 radical (unpaired) electrons. The molecule has 0 atom stereocenters. The van der Waals surface area contributed by atoms with Gasteiger partial charge in [-0.3, -0.25) is 0 Å². The topological polar surface area (TPSA) is 61.1 Å². The highest BCUT2D eigenvalue weighted by molar-refractivity contribution is 7.85. The summed E-state index contributed by atoms with van der Waals surface area (Å²) in [6.45, 7) is 2.50. The van der Waals surface area contributed by atoms with Crippen molar-refractivity contribution in [1.82, 2.24) is 0 Å². The van der Waals surface area contributed by atoms with Gasteiger partial charge in [-0.15, -0.1) is 0 Å². The molecule has 0 aliphatic carbocycles. The summed E-state index contributed by atoms with van der Waals surface area (Å²) in [5.41, 5.74) is 1.05. The van der Waals surface area contributed by atoms with Gasteiger partial charge >= 0.3 is 0 Å². The quantitative estimate of drug-likeness (QED) is 0.533. The summed E-state index contributed by atoms with van der Waals surface area (Å²) in [6.07, 6.45) is 2.23. The van der Waals surface area contributed by atoms with E-state index in [0.29, 0.717) is 13.0 Å². The van der Waals surface area contributed by atoms with Crippen LogP contribution in [0.2, 0.25) is 0 Å². The minimum atomic E-state index is -4.07. The highest BCUT2D eigenvalue weighted by Gasteiger charge is 2.04. The Morgan fingerprint density at radius 3 is 2.71 bits per heavy atom. The highest BCUT2D eigenvalue weighted by Crippen LogP contribution is 1.92. The maximum Gasteiger partial charge on any atom is 0.178 e. The number of hydrogen-bond donors (Lipinski definition) is 0. The maximum atomic E-state index is 10.3. The Hall–Kier alpha value is -0.940. The van der Waals surface area contributed by atoms with E-state index in [4.69, 9.17) is 0 Å². The van der Waals surface area contributed by atoms with Crippen molar-refractivity contribution in [3.63, 3.8) is 0 Å². The lowest BCUT2D eigenvalue weighted by atomic mass is 10.3. The van der Waals surface area contributed by atoms with Crippen LogP contribution in [0.3, 0.4) is 0 Å². The van der Waals surface area contributed by atoms with Gasteiger partial charge in [-0.1, -0.05) is 6.07 Å². The minimum Gasteiger partial charge on any atom is -0.748 e. The fraction of sp³-hybridized carbons (Fsp3) is 0.444. The zero-order valence-corrected chi connectivity index (χ0v) is 8.83. The number of pyridine rings is 1. The van der Waals surface area contributed by atoms with Gasteiger partial charge in [0.05, 0.1) is 10.1 Å². The Labute approximate surface area is 83.9 Å². The van der Waals surface area contributed by atoms with Crippen LogP contribution in [0.1, 0.15) is 12.1 Å². The van der Waals surface area contributed by atoms with Crippen molar-refractivity contribution in [1.29, 1.82) is 0 Å². The smallest absolute Gasteiger partial charge is 0.178 e. The Bertz CT molecular complexity index is 400. The molecule has 14 heavy (non-hydrogen) atoms. The average molecular weight is 215 g/mol. The van der Waals surface area contributed by atoms with E-state index in [9.17, 15) is 13.0 Å². The molecule has 0 amide bonds. The number of aromatic nitrogens is 1. The first-order valence-electron chi connectivity index (χ1n) is 4.38. The van der Waals surface area contributed by atoms with Crippen molar-refractivity contribution in [3.05, 3.63) is 30.1 Å². The second-order valence-corrected chi connectivity index (χ2v) is 4.67. The molecule has 0 saturated heterocycles. The minimum absolute atomic E-state index is 0.297. The lowest BCUT2D eigenvalue weighted by molar-refractivity contribution is -0.702. The molecule has 0 aliphatic heterocycles. The van der Waals surface area contributed by atoms with Gasteiger partial charge in [-0.2, -0.15) is 0 Å². The van der Waals surface area contributed by atoms with Crippen LogP contribution in [0.5, 0.6) is 0 Å². The first-order valence-corrected chi connectivity index (χ1v) is 5.95. The molecule has 1 heterocycles. The van der Waals surface area contributed by atoms with E-state index >= 15 is 0 Å². The summed E-state index contributed by atoms with van der Waals surface area (Å²) in [6, 6.07) is 5.72. The first kappa shape index (κ1) is 11.1. The largest absolute Gasteiger partial charge is 0.748 e. The van der Waals surface area contributed by atoms with Crippen molar-refractivity contribution in [2.75, 3.05) is 5.75 Å². The molecular formula is C9H13NO3S. The fourth-order valence-electron chi connectivity index (χ4n) is 1.22. The van der Waals surface area contributed by atoms with Crippen LogP contribution in [-0.4, -0.2) is 18.7 Å². The number of rotatable bonds is 4. The third kappa shape index (κ3) is 3.85. The maximum absolute atomic E-state index is 10.3. The molecule has 78 valence electrons. The monoisotopic (exact) mass is 215 g/mol. The Morgan fingerprint density at radius 2 is 2.14 bits per heavy atom. The van der Waals surface area contributed by atoms with Crippen LogP contribution >= 0.6 is 0 Å². The van der Waals surface area contributed by atoms with Gasteiger partial charge in [0.2, 0.25) is 0 Å². The molecule has 0 fully saturated rings. The summed E-state index contributed by atoms with van der Waals surface area (Å²) in [7, 11) is -4.07. The van der Waals surface area contributed by atoms with Gasteiger partial charge in [-0.25, -0.2) is 13.0 Å². The van der Waals surface area contributed by atoms with Crippen LogP contribution in [0.25, 0.3) is 0 Å². The third-order valence-electron chi connectivity index (χ3n) is 1.96. The molecule has 1 aromatic rings. The molecule has 5 heteroatoms. The lowest BCUT2D eigenvalue weighted by Crippen LogP contribution is -2.37. The van der Waals surface area contributed by atoms with Crippen LogP contribution in [0.4, 0.5) is 0 Å². The van der Waals surface area contributed by atoms with Crippen molar-refractivity contribution in [2.45, 2.75) is 19.9 Å². The van der Waals surface area contributed by atoms with Crippen molar-refractivity contribution >= 4 is 10.1 Å². The number of hydrogen-bond acceptors (Lipinski definition) is 3. The van der Waals surface area contributed by atoms with Gasteiger partial charge in [0, 0.05) is 31.2 Å². The molecule has 0 unspecified atom stereocenters. The second kappa shape index (κ2) is 4.52. The molecule has 0 saturated carbocycles. The van der Waals surface area contributed by atoms with E-state index in [1.165, 1.54) is 0 Å². The summed E-state index contributed by atoms with van der Waals surface area (Å²) < 4.78 is 32.9. The van der Waals surface area contributed by atoms with Gasteiger partial charge in [0.15, 0.2) is 11.9 Å². The zero-order valence-electron chi connectivity index (χ0n) is 8.01. The Kier molecular flexibility index (Phi) is 3.60. The summed E-state index contributed by atoms with van der Waals surface area (Å²) >= 11 is 0. The van der Waals surface area contributed by atoms with Crippen LogP contribution in [0, 0.1) is 6.92 Å². The molecule has 0 aliphatic rings. The van der Waals surface area contributed by atoms with E-state index in [1.807, 2.05) is 35.9 Å². The van der Waals surface area contributed by atoms with Crippen LogP contribution in [-0.2, 0) is 16.7 Å². The standard InChI is InChI=1S/C9H13NO3S/c1-9-5-2-3-6-10(9)7-4-8-14(11,12)13/h2-3,5-6H,4,7-8H2,1H3. The van der Waals surface area contributed by atoms with Gasteiger partial charge in [-0.05, 0) is 0 Å². The molecular weight excluding hydrogens is 202 g/mol. The van der Waals surface area contributed by atoms with Gasteiger partial charge in [0.25, 0.3) is 0 Å². The van der Waals surface area contributed by atoms with E-state index in [0.717, 1.165) is 5.69 Å². The fourth-order valence-corrected chi connectivity index (χ4v) is 1.71. The van der Waals surface area contributed by atoms with Crippen LogP contribution in [0.15, 0.2) is 24.4 Å². The lowest BCUT2D eigenvalue weighted by Gasteiger charge is -2.04. The van der Waals surface area contributed by atoms with Crippen molar-refractivity contribution in [2.24, 2.45) is 0 Å². The van der Waals surface area contributed by atoms with E-state index in [-0.39, 0.29) is 5.75 Å². The molecule has 0 spiro atoms. The van der Waals surface area contributed by atoms with E-state index in [1.54, 1.807) is 0 Å². The van der Waals surface area contributed by atoms with Crippen molar-refractivity contribution < 1.29 is 17.5 Å². The van der Waals surface area contributed by atoms with Crippen molar-refractivity contribution in [3.8, 4) is 0 Å². The predicted octanol–water partition coefficient (Wildman–Crippen LogP) is 0.218. The Morgan fingerprint density at radius 1 is 1.43 bits per heavy atom.